The average Bonchev–Trinajstić information content (AvgIpc) is 2.42. The van der Waals surface area contributed by atoms with Crippen LogP contribution in [-0.2, 0) is 14.3 Å². The highest BCUT2D eigenvalue weighted by Crippen LogP contribution is 2.16. The van der Waals surface area contributed by atoms with Gasteiger partial charge in [0.1, 0.15) is 5.57 Å². The number of Topliss-reactive ketones (excluding diaryl/α,β-unsaturated/α-hetero) is 1. The van der Waals surface area contributed by atoms with Crippen molar-refractivity contribution in [3.8, 4) is 0 Å². The van der Waals surface area contributed by atoms with E-state index in [0.717, 1.165) is 0 Å². The van der Waals surface area contributed by atoms with E-state index in [1.54, 1.807) is 6.07 Å². The summed E-state index contributed by atoms with van der Waals surface area (Å²) in [7, 11) is 0. The minimum atomic E-state index is -0.720. The van der Waals surface area contributed by atoms with E-state index in [4.69, 9.17) is 4.74 Å². The molecule has 0 aliphatic rings. The van der Waals surface area contributed by atoms with Crippen LogP contribution < -0.4 is 0 Å². The fourth-order valence-electron chi connectivity index (χ4n) is 1.52. The fourth-order valence-corrected chi connectivity index (χ4v) is 1.52. The van der Waals surface area contributed by atoms with Crippen molar-refractivity contribution in [1.29, 1.82) is 0 Å². The van der Waals surface area contributed by atoms with Crippen LogP contribution in [0.4, 0.5) is 5.69 Å². The molecule has 1 aromatic rings. The van der Waals surface area contributed by atoms with E-state index in [2.05, 4.69) is 0 Å². The fraction of sp³-hybridized carbons (Fsp3) is 0.333. The number of ether oxygens (including phenoxy) is 1. The van der Waals surface area contributed by atoms with Crippen molar-refractivity contribution in [2.45, 2.75) is 20.8 Å². The van der Waals surface area contributed by atoms with Gasteiger partial charge in [-0.3, -0.25) is 14.9 Å². The van der Waals surface area contributed by atoms with Crippen LogP contribution in [0.3, 0.4) is 0 Å². The van der Waals surface area contributed by atoms with Gasteiger partial charge in [0.2, 0.25) is 0 Å². The minimum absolute atomic E-state index is 0.109. The topological polar surface area (TPSA) is 86.5 Å². The Morgan fingerprint density at radius 2 is 2.05 bits per heavy atom. The number of hydrogen-bond acceptors (Lipinski definition) is 5. The van der Waals surface area contributed by atoms with Crippen molar-refractivity contribution >= 4 is 23.5 Å². The number of nitro benzene ring substituents is 1. The lowest BCUT2D eigenvalue weighted by Crippen LogP contribution is -2.16. The molecular weight excluding hydrogens is 274 g/mol. The maximum atomic E-state index is 11.9. The molecule has 1 rings (SSSR count). The molecule has 0 radical (unpaired) electrons. The van der Waals surface area contributed by atoms with E-state index in [1.807, 2.05) is 13.8 Å². The number of ketones is 1. The van der Waals surface area contributed by atoms with E-state index in [0.29, 0.717) is 5.56 Å². The molecule has 0 aliphatic heterocycles. The molecule has 6 heteroatoms. The zero-order valence-corrected chi connectivity index (χ0v) is 12.2. The Bertz CT molecular complexity index is 589. The van der Waals surface area contributed by atoms with E-state index in [-0.39, 0.29) is 23.8 Å². The second kappa shape index (κ2) is 7.33. The van der Waals surface area contributed by atoms with Crippen molar-refractivity contribution in [1.82, 2.24) is 0 Å². The van der Waals surface area contributed by atoms with Crippen molar-refractivity contribution < 1.29 is 19.2 Å². The van der Waals surface area contributed by atoms with E-state index >= 15 is 0 Å². The Kier molecular flexibility index (Phi) is 5.78. The van der Waals surface area contributed by atoms with Crippen LogP contribution in [-0.4, -0.2) is 23.3 Å². The molecule has 0 amide bonds. The third-order valence-corrected chi connectivity index (χ3v) is 2.54. The molecule has 0 bridgehead atoms. The van der Waals surface area contributed by atoms with Gasteiger partial charge in [0.25, 0.3) is 5.69 Å². The van der Waals surface area contributed by atoms with Gasteiger partial charge in [-0.2, -0.15) is 0 Å². The first-order valence-electron chi connectivity index (χ1n) is 6.45. The molecule has 6 nitrogen and oxygen atoms in total. The Hall–Kier alpha value is -2.50. The van der Waals surface area contributed by atoms with Crippen LogP contribution in [0.5, 0.6) is 0 Å². The third-order valence-electron chi connectivity index (χ3n) is 2.54. The second-order valence-electron chi connectivity index (χ2n) is 4.96. The summed E-state index contributed by atoms with van der Waals surface area (Å²) < 4.78 is 5.01. The molecule has 1 aromatic carbocycles. The highest BCUT2D eigenvalue weighted by atomic mass is 16.6. The van der Waals surface area contributed by atoms with Gasteiger partial charge in [-0.05, 0) is 24.5 Å². The largest absolute Gasteiger partial charge is 0.462 e. The van der Waals surface area contributed by atoms with Gasteiger partial charge < -0.3 is 4.74 Å². The predicted molar refractivity (Wildman–Crippen MR) is 77.6 cm³/mol. The van der Waals surface area contributed by atoms with E-state index in [1.165, 1.54) is 31.2 Å². The molecule has 0 spiro atoms. The van der Waals surface area contributed by atoms with Gasteiger partial charge in [-0.15, -0.1) is 0 Å². The van der Waals surface area contributed by atoms with Crippen LogP contribution in [0.1, 0.15) is 26.3 Å². The molecule has 21 heavy (non-hydrogen) atoms. The zero-order valence-electron chi connectivity index (χ0n) is 12.2. The first-order valence-corrected chi connectivity index (χ1v) is 6.45. The molecular formula is C15H17NO5. The summed E-state index contributed by atoms with van der Waals surface area (Å²) in [6, 6.07) is 5.69. The molecule has 0 aromatic heterocycles. The molecule has 0 aliphatic carbocycles. The summed E-state index contributed by atoms with van der Waals surface area (Å²) in [5.41, 5.74) is 0.161. The molecule has 0 saturated heterocycles. The van der Waals surface area contributed by atoms with Crippen LogP contribution in [0.25, 0.3) is 6.08 Å². The summed E-state index contributed by atoms with van der Waals surface area (Å²) in [5.74, 6) is -1.02. The SMILES string of the molecule is CC(=O)/C(=C\c1cccc([N+](=O)[O-])c1)C(=O)OCC(C)C. The molecule has 0 atom stereocenters. The maximum absolute atomic E-state index is 11.9. The standard InChI is InChI=1S/C15H17NO5/c1-10(2)9-21-15(18)14(11(3)17)8-12-5-4-6-13(7-12)16(19)20/h4-8,10H,9H2,1-3H3/b14-8+. The molecule has 0 heterocycles. The number of non-ortho nitro benzene ring substituents is 1. The number of benzene rings is 1. The second-order valence-corrected chi connectivity index (χ2v) is 4.96. The number of carbonyl (C=O) groups is 2. The van der Waals surface area contributed by atoms with E-state index in [9.17, 15) is 19.7 Å². The Morgan fingerprint density at radius 3 is 2.57 bits per heavy atom. The first kappa shape index (κ1) is 16.6. The Morgan fingerprint density at radius 1 is 1.38 bits per heavy atom. The van der Waals surface area contributed by atoms with Crippen molar-refractivity contribution in [2.24, 2.45) is 5.92 Å². The number of hydrogen-bond donors (Lipinski definition) is 0. The highest BCUT2D eigenvalue weighted by Gasteiger charge is 2.17. The number of nitro groups is 1. The summed E-state index contributed by atoms with van der Waals surface area (Å²) in [6.07, 6.45) is 1.30. The predicted octanol–water partition coefficient (Wildman–Crippen LogP) is 2.77. The van der Waals surface area contributed by atoms with Crippen LogP contribution in [0, 0.1) is 16.0 Å². The van der Waals surface area contributed by atoms with Crippen molar-refractivity contribution in [3.63, 3.8) is 0 Å². The Balaban J connectivity index is 3.05. The normalized spacial score (nSPS) is 11.3. The van der Waals surface area contributed by atoms with Crippen molar-refractivity contribution in [3.05, 3.63) is 45.5 Å². The summed E-state index contributed by atoms with van der Waals surface area (Å²) in [6.45, 7) is 5.22. The lowest BCUT2D eigenvalue weighted by Gasteiger charge is -2.08. The Labute approximate surface area is 122 Å². The maximum Gasteiger partial charge on any atom is 0.341 e. The zero-order chi connectivity index (χ0) is 16.0. The van der Waals surface area contributed by atoms with Gasteiger partial charge in [-0.1, -0.05) is 26.0 Å². The van der Waals surface area contributed by atoms with Gasteiger partial charge in [0.05, 0.1) is 11.5 Å². The van der Waals surface area contributed by atoms with Gasteiger partial charge in [0.15, 0.2) is 5.78 Å². The molecule has 0 fully saturated rings. The van der Waals surface area contributed by atoms with Gasteiger partial charge in [0, 0.05) is 12.1 Å². The summed E-state index contributed by atoms with van der Waals surface area (Å²) in [4.78, 5) is 33.6. The number of rotatable bonds is 6. The lowest BCUT2D eigenvalue weighted by molar-refractivity contribution is -0.384. The number of nitrogens with zero attached hydrogens (tertiary/aromatic N) is 1. The molecule has 0 saturated carbocycles. The van der Waals surface area contributed by atoms with Crippen molar-refractivity contribution in [2.75, 3.05) is 6.61 Å². The van der Waals surface area contributed by atoms with Gasteiger partial charge in [-0.25, -0.2) is 4.79 Å². The minimum Gasteiger partial charge on any atom is -0.462 e. The summed E-state index contributed by atoms with van der Waals surface area (Å²) >= 11 is 0. The number of esters is 1. The summed E-state index contributed by atoms with van der Waals surface area (Å²) in [5, 5.41) is 10.7. The first-order chi connectivity index (χ1) is 9.81. The highest BCUT2D eigenvalue weighted by molar-refractivity contribution is 6.19. The smallest absolute Gasteiger partial charge is 0.341 e. The monoisotopic (exact) mass is 291 g/mol. The number of carbonyl (C=O) groups excluding carboxylic acids is 2. The van der Waals surface area contributed by atoms with Crippen LogP contribution in [0.15, 0.2) is 29.8 Å². The molecule has 0 unspecified atom stereocenters. The van der Waals surface area contributed by atoms with Crippen LogP contribution >= 0.6 is 0 Å². The lowest BCUT2D eigenvalue weighted by atomic mass is 10.1. The van der Waals surface area contributed by atoms with E-state index < -0.39 is 16.7 Å². The quantitative estimate of drug-likeness (QED) is 0.201. The molecule has 112 valence electrons. The average molecular weight is 291 g/mol. The van der Waals surface area contributed by atoms with Gasteiger partial charge >= 0.3 is 5.97 Å². The van der Waals surface area contributed by atoms with Crippen LogP contribution in [0.2, 0.25) is 0 Å². The third kappa shape index (κ3) is 5.18. The molecule has 0 N–H and O–H groups in total.